The van der Waals surface area contributed by atoms with Crippen LogP contribution in [-0.4, -0.2) is 34.1 Å². The van der Waals surface area contributed by atoms with Crippen molar-refractivity contribution in [3.63, 3.8) is 0 Å². The molecule has 0 unspecified atom stereocenters. The van der Waals surface area contributed by atoms with Gasteiger partial charge in [-0.15, -0.1) is 0 Å². The average Bonchev–Trinajstić information content (AvgIpc) is 2.51. The molecule has 0 aliphatic carbocycles. The Morgan fingerprint density at radius 3 is 1.96 bits per heavy atom. The summed E-state index contributed by atoms with van der Waals surface area (Å²) in [5.74, 6) is -3.18. The Labute approximate surface area is 144 Å². The van der Waals surface area contributed by atoms with E-state index in [0.29, 0.717) is 0 Å². The van der Waals surface area contributed by atoms with Crippen molar-refractivity contribution < 1.29 is 24.6 Å². The van der Waals surface area contributed by atoms with Gasteiger partial charge in [-0.25, -0.2) is 4.79 Å². The fourth-order valence-corrected chi connectivity index (χ4v) is 2.36. The van der Waals surface area contributed by atoms with Gasteiger partial charge in [0.2, 0.25) is 5.91 Å². The molecule has 0 spiro atoms. The van der Waals surface area contributed by atoms with Crippen molar-refractivity contribution >= 4 is 17.8 Å². The van der Waals surface area contributed by atoms with Gasteiger partial charge in [0.1, 0.15) is 6.04 Å². The van der Waals surface area contributed by atoms with Gasteiger partial charge in [-0.1, -0.05) is 64.4 Å². The van der Waals surface area contributed by atoms with Crippen LogP contribution in [0.5, 0.6) is 0 Å². The minimum atomic E-state index is -1.40. The summed E-state index contributed by atoms with van der Waals surface area (Å²) < 4.78 is 0. The van der Waals surface area contributed by atoms with Crippen LogP contribution >= 0.6 is 0 Å². The first-order chi connectivity index (χ1) is 11.5. The van der Waals surface area contributed by atoms with Gasteiger partial charge in [0.05, 0.1) is 6.42 Å². The van der Waals surface area contributed by atoms with Crippen molar-refractivity contribution in [2.45, 2.75) is 83.6 Å². The minimum Gasteiger partial charge on any atom is -0.481 e. The van der Waals surface area contributed by atoms with Crippen molar-refractivity contribution in [2.75, 3.05) is 0 Å². The predicted octanol–water partition coefficient (Wildman–Crippen LogP) is 3.51. The second kappa shape index (κ2) is 14.7. The van der Waals surface area contributed by atoms with Gasteiger partial charge in [-0.2, -0.15) is 0 Å². The van der Waals surface area contributed by atoms with E-state index in [4.69, 9.17) is 10.2 Å². The molecule has 0 aromatic heterocycles. The van der Waals surface area contributed by atoms with Crippen LogP contribution in [-0.2, 0) is 14.4 Å². The smallest absolute Gasteiger partial charge is 0.326 e. The van der Waals surface area contributed by atoms with Crippen molar-refractivity contribution in [2.24, 2.45) is 0 Å². The largest absolute Gasteiger partial charge is 0.481 e. The lowest BCUT2D eigenvalue weighted by atomic mass is 10.1. The van der Waals surface area contributed by atoms with Crippen molar-refractivity contribution in [3.8, 4) is 0 Å². The second-order valence-corrected chi connectivity index (χ2v) is 6.02. The number of unbranched alkanes of at least 4 members (excludes halogenated alkanes) is 9. The number of hydrogen-bond acceptors (Lipinski definition) is 3. The normalized spacial score (nSPS) is 12.2. The molecule has 6 heteroatoms. The molecule has 3 N–H and O–H groups in total. The summed E-state index contributed by atoms with van der Waals surface area (Å²) in [6.45, 7) is 2.21. The Balaban J connectivity index is 3.70. The SMILES string of the molecule is CCCCCCCCCCCC=CC(=O)N[C@@H](CC(=O)O)C(=O)O. The molecule has 0 saturated carbocycles. The van der Waals surface area contributed by atoms with Crippen LogP contribution in [0.3, 0.4) is 0 Å². The van der Waals surface area contributed by atoms with E-state index >= 15 is 0 Å². The molecule has 0 aliphatic heterocycles. The summed E-state index contributed by atoms with van der Waals surface area (Å²) in [6, 6.07) is -1.40. The summed E-state index contributed by atoms with van der Waals surface area (Å²) in [4.78, 5) is 32.9. The zero-order chi connectivity index (χ0) is 18.2. The van der Waals surface area contributed by atoms with Gasteiger partial charge >= 0.3 is 11.9 Å². The van der Waals surface area contributed by atoms with E-state index in [1.54, 1.807) is 6.08 Å². The lowest BCUT2D eigenvalue weighted by molar-refractivity contribution is -0.146. The van der Waals surface area contributed by atoms with Gasteiger partial charge in [0.15, 0.2) is 0 Å². The maximum Gasteiger partial charge on any atom is 0.326 e. The number of hydrogen-bond donors (Lipinski definition) is 3. The van der Waals surface area contributed by atoms with E-state index in [-0.39, 0.29) is 0 Å². The molecule has 0 bridgehead atoms. The van der Waals surface area contributed by atoms with Crippen molar-refractivity contribution in [3.05, 3.63) is 12.2 Å². The number of carbonyl (C=O) groups excluding carboxylic acids is 1. The molecule has 138 valence electrons. The summed E-state index contributed by atoms with van der Waals surface area (Å²) in [5, 5.41) is 19.6. The number of rotatable bonds is 15. The standard InChI is InChI=1S/C18H31NO5/c1-2-3-4-5-6-7-8-9-10-11-12-13-16(20)19-15(18(23)24)14-17(21)22/h12-13,15H,2-11,14H2,1H3,(H,19,20)(H,21,22)(H,23,24)/t15-/m0/s1. The van der Waals surface area contributed by atoms with Crippen LogP contribution in [0.25, 0.3) is 0 Å². The topological polar surface area (TPSA) is 104 Å². The zero-order valence-electron chi connectivity index (χ0n) is 14.6. The highest BCUT2D eigenvalue weighted by Gasteiger charge is 2.21. The molecule has 0 aromatic rings. The summed E-state index contributed by atoms with van der Waals surface area (Å²) in [6.07, 6.45) is 14.2. The maximum atomic E-state index is 11.5. The van der Waals surface area contributed by atoms with Gasteiger partial charge < -0.3 is 15.5 Å². The molecule has 24 heavy (non-hydrogen) atoms. The Morgan fingerprint density at radius 1 is 0.917 bits per heavy atom. The average molecular weight is 341 g/mol. The fourth-order valence-electron chi connectivity index (χ4n) is 2.36. The minimum absolute atomic E-state index is 0.570. The third-order valence-corrected chi connectivity index (χ3v) is 3.74. The molecular weight excluding hydrogens is 310 g/mol. The van der Waals surface area contributed by atoms with Gasteiger partial charge in [-0.05, 0) is 18.9 Å². The number of nitrogens with one attached hydrogen (secondary N) is 1. The zero-order valence-corrected chi connectivity index (χ0v) is 14.6. The monoisotopic (exact) mass is 341 g/mol. The van der Waals surface area contributed by atoms with E-state index in [9.17, 15) is 14.4 Å². The van der Waals surface area contributed by atoms with Crippen LogP contribution in [0.4, 0.5) is 0 Å². The van der Waals surface area contributed by atoms with E-state index < -0.39 is 30.3 Å². The highest BCUT2D eigenvalue weighted by molar-refractivity contribution is 5.92. The summed E-state index contributed by atoms with van der Waals surface area (Å²) >= 11 is 0. The number of carboxylic acids is 2. The Kier molecular flexibility index (Phi) is 13.6. The molecule has 6 nitrogen and oxygen atoms in total. The number of allylic oxidation sites excluding steroid dienone is 1. The number of aliphatic carboxylic acids is 2. The maximum absolute atomic E-state index is 11.5. The van der Waals surface area contributed by atoms with Crippen molar-refractivity contribution in [1.29, 1.82) is 0 Å². The van der Waals surface area contributed by atoms with Crippen LogP contribution in [0.15, 0.2) is 12.2 Å². The molecule has 0 heterocycles. The lowest BCUT2D eigenvalue weighted by Gasteiger charge is -2.10. The predicted molar refractivity (Wildman–Crippen MR) is 92.8 cm³/mol. The highest BCUT2D eigenvalue weighted by Crippen LogP contribution is 2.10. The van der Waals surface area contributed by atoms with E-state index in [1.807, 2.05) is 0 Å². The molecule has 1 atom stereocenters. The third-order valence-electron chi connectivity index (χ3n) is 3.74. The second-order valence-electron chi connectivity index (χ2n) is 6.02. The molecule has 1 amide bonds. The van der Waals surface area contributed by atoms with Gasteiger partial charge in [0.25, 0.3) is 0 Å². The summed E-state index contributed by atoms with van der Waals surface area (Å²) in [5.41, 5.74) is 0. The molecule has 0 saturated heterocycles. The highest BCUT2D eigenvalue weighted by atomic mass is 16.4. The number of amides is 1. The molecule has 0 aromatic carbocycles. The molecule has 0 aliphatic rings. The Hall–Kier alpha value is -1.85. The molecular formula is C18H31NO5. The van der Waals surface area contributed by atoms with Crippen LogP contribution < -0.4 is 5.32 Å². The van der Waals surface area contributed by atoms with E-state index in [0.717, 1.165) is 19.3 Å². The molecule has 0 fully saturated rings. The summed E-state index contributed by atoms with van der Waals surface area (Å²) in [7, 11) is 0. The van der Waals surface area contributed by atoms with Gasteiger partial charge in [0, 0.05) is 0 Å². The first kappa shape index (κ1) is 22.1. The van der Waals surface area contributed by atoms with E-state index in [1.165, 1.54) is 51.0 Å². The lowest BCUT2D eigenvalue weighted by Crippen LogP contribution is -2.41. The fraction of sp³-hybridized carbons (Fsp3) is 0.722. The number of carboxylic acid groups (broad SMARTS) is 2. The van der Waals surface area contributed by atoms with E-state index in [2.05, 4.69) is 12.2 Å². The first-order valence-electron chi connectivity index (χ1n) is 8.89. The van der Waals surface area contributed by atoms with Gasteiger partial charge in [-0.3, -0.25) is 9.59 Å². The third kappa shape index (κ3) is 13.8. The van der Waals surface area contributed by atoms with Crippen LogP contribution in [0.1, 0.15) is 77.6 Å². The molecule has 0 radical (unpaired) electrons. The van der Waals surface area contributed by atoms with Crippen LogP contribution in [0.2, 0.25) is 0 Å². The number of carbonyl (C=O) groups is 3. The quantitative estimate of drug-likeness (QED) is 0.312. The van der Waals surface area contributed by atoms with Crippen LogP contribution in [0, 0.1) is 0 Å². The first-order valence-corrected chi connectivity index (χ1v) is 8.89. The Bertz CT molecular complexity index is 406. The molecule has 0 rings (SSSR count). The van der Waals surface area contributed by atoms with Crippen molar-refractivity contribution in [1.82, 2.24) is 5.32 Å². The Morgan fingerprint density at radius 2 is 1.46 bits per heavy atom.